The van der Waals surface area contributed by atoms with E-state index in [-0.39, 0.29) is 22.9 Å². The van der Waals surface area contributed by atoms with Crippen LogP contribution in [-0.2, 0) is 9.53 Å². The zero-order chi connectivity index (χ0) is 11.1. The van der Waals surface area contributed by atoms with Gasteiger partial charge in [-0.3, -0.25) is 4.79 Å². The topological polar surface area (TPSA) is 38.3 Å². The van der Waals surface area contributed by atoms with Gasteiger partial charge in [-0.05, 0) is 39.0 Å². The highest BCUT2D eigenvalue weighted by Gasteiger charge is 2.51. The summed E-state index contributed by atoms with van der Waals surface area (Å²) < 4.78 is 5.47. The van der Waals surface area contributed by atoms with Crippen LogP contribution < -0.4 is 5.32 Å². The molecule has 1 spiro atoms. The standard InChI is InChI=1S/C12H21NO2/c1-11(2,3)15-10(14)9-7-13-8-12(9)5-4-6-12/h9,13H,4-8H2,1-3H3. The van der Waals surface area contributed by atoms with Crippen molar-refractivity contribution in [1.29, 1.82) is 0 Å². The maximum atomic E-state index is 12.0. The first-order valence-electron chi connectivity index (χ1n) is 5.87. The van der Waals surface area contributed by atoms with Gasteiger partial charge in [0.05, 0.1) is 5.92 Å². The maximum absolute atomic E-state index is 12.0. The predicted octanol–water partition coefficient (Wildman–Crippen LogP) is 1.72. The molecule has 0 aromatic heterocycles. The van der Waals surface area contributed by atoms with Crippen molar-refractivity contribution in [2.24, 2.45) is 11.3 Å². The molecule has 1 aliphatic heterocycles. The van der Waals surface area contributed by atoms with E-state index < -0.39 is 0 Å². The molecule has 1 N–H and O–H groups in total. The molecule has 2 fully saturated rings. The minimum absolute atomic E-state index is 0.00722. The molecule has 1 atom stereocenters. The summed E-state index contributed by atoms with van der Waals surface area (Å²) in [4.78, 5) is 12.0. The van der Waals surface area contributed by atoms with E-state index in [1.807, 2.05) is 20.8 Å². The second-order valence-electron chi connectivity index (χ2n) is 5.93. The third kappa shape index (κ3) is 2.03. The largest absolute Gasteiger partial charge is 0.460 e. The first-order chi connectivity index (χ1) is 6.93. The molecule has 1 aliphatic carbocycles. The van der Waals surface area contributed by atoms with Crippen molar-refractivity contribution < 1.29 is 9.53 Å². The van der Waals surface area contributed by atoms with Crippen molar-refractivity contribution in [3.63, 3.8) is 0 Å². The van der Waals surface area contributed by atoms with Crippen LogP contribution in [0.15, 0.2) is 0 Å². The van der Waals surface area contributed by atoms with Crippen molar-refractivity contribution in [3.8, 4) is 0 Å². The van der Waals surface area contributed by atoms with Gasteiger partial charge in [-0.2, -0.15) is 0 Å². The molecule has 1 saturated carbocycles. The first-order valence-corrected chi connectivity index (χ1v) is 5.87. The zero-order valence-electron chi connectivity index (χ0n) is 9.93. The lowest BCUT2D eigenvalue weighted by Gasteiger charge is -2.42. The molecule has 0 aromatic carbocycles. The van der Waals surface area contributed by atoms with Crippen molar-refractivity contribution in [3.05, 3.63) is 0 Å². The van der Waals surface area contributed by atoms with E-state index in [1.165, 1.54) is 19.3 Å². The molecule has 1 unspecified atom stereocenters. The molecule has 2 aliphatic rings. The van der Waals surface area contributed by atoms with Gasteiger partial charge in [0.15, 0.2) is 0 Å². The number of esters is 1. The number of rotatable bonds is 1. The second-order valence-corrected chi connectivity index (χ2v) is 5.93. The van der Waals surface area contributed by atoms with E-state index in [0.29, 0.717) is 0 Å². The van der Waals surface area contributed by atoms with Crippen LogP contribution in [0.3, 0.4) is 0 Å². The Balaban J connectivity index is 2.01. The van der Waals surface area contributed by atoms with Gasteiger partial charge in [0, 0.05) is 13.1 Å². The fraction of sp³-hybridized carbons (Fsp3) is 0.917. The average molecular weight is 211 g/mol. The van der Waals surface area contributed by atoms with Crippen LogP contribution in [0.4, 0.5) is 0 Å². The van der Waals surface area contributed by atoms with Gasteiger partial charge in [0.2, 0.25) is 0 Å². The molecular formula is C12H21NO2. The van der Waals surface area contributed by atoms with Crippen LogP contribution in [-0.4, -0.2) is 24.7 Å². The molecular weight excluding hydrogens is 190 g/mol. The third-order valence-electron chi connectivity index (χ3n) is 3.61. The molecule has 1 heterocycles. The van der Waals surface area contributed by atoms with Gasteiger partial charge in [0.25, 0.3) is 0 Å². The lowest BCUT2D eigenvalue weighted by Crippen LogP contribution is -2.43. The monoisotopic (exact) mass is 211 g/mol. The SMILES string of the molecule is CC(C)(C)OC(=O)C1CNCC12CCC2. The molecule has 0 bridgehead atoms. The van der Waals surface area contributed by atoms with Crippen LogP contribution in [0.1, 0.15) is 40.0 Å². The van der Waals surface area contributed by atoms with Crippen molar-refractivity contribution in [1.82, 2.24) is 5.32 Å². The van der Waals surface area contributed by atoms with Crippen LogP contribution in [0.25, 0.3) is 0 Å². The summed E-state index contributed by atoms with van der Waals surface area (Å²) >= 11 is 0. The van der Waals surface area contributed by atoms with Crippen LogP contribution in [0.2, 0.25) is 0 Å². The molecule has 3 nitrogen and oxygen atoms in total. The third-order valence-corrected chi connectivity index (χ3v) is 3.61. The Bertz CT molecular complexity index is 263. The highest BCUT2D eigenvalue weighted by Crippen LogP contribution is 2.49. The van der Waals surface area contributed by atoms with Crippen LogP contribution >= 0.6 is 0 Å². The van der Waals surface area contributed by atoms with Gasteiger partial charge >= 0.3 is 5.97 Å². The van der Waals surface area contributed by atoms with Gasteiger partial charge in [0.1, 0.15) is 5.60 Å². The molecule has 86 valence electrons. The average Bonchev–Trinajstić information content (AvgIpc) is 2.42. The summed E-state index contributed by atoms with van der Waals surface area (Å²) in [6.45, 7) is 7.59. The number of hydrogen-bond acceptors (Lipinski definition) is 3. The summed E-state index contributed by atoms with van der Waals surface area (Å²) in [6.07, 6.45) is 3.63. The smallest absolute Gasteiger partial charge is 0.311 e. The van der Waals surface area contributed by atoms with Crippen LogP contribution in [0, 0.1) is 11.3 Å². The van der Waals surface area contributed by atoms with Gasteiger partial charge in [-0.25, -0.2) is 0 Å². The predicted molar refractivity (Wildman–Crippen MR) is 58.5 cm³/mol. The fourth-order valence-electron chi connectivity index (χ4n) is 2.67. The normalized spacial score (nSPS) is 28.9. The molecule has 3 heteroatoms. The zero-order valence-corrected chi connectivity index (χ0v) is 9.93. The highest BCUT2D eigenvalue weighted by atomic mass is 16.6. The quantitative estimate of drug-likeness (QED) is 0.671. The van der Waals surface area contributed by atoms with Gasteiger partial charge in [-0.1, -0.05) is 6.42 Å². The highest BCUT2D eigenvalue weighted by molar-refractivity contribution is 5.75. The molecule has 1 saturated heterocycles. The Kier molecular flexibility index (Phi) is 2.53. The number of carbonyl (C=O) groups is 1. The number of ether oxygens (including phenoxy) is 1. The number of nitrogens with one attached hydrogen (secondary N) is 1. The Labute approximate surface area is 91.6 Å². The van der Waals surface area contributed by atoms with Crippen molar-refractivity contribution in [2.45, 2.75) is 45.6 Å². The first kappa shape index (κ1) is 10.9. The lowest BCUT2D eigenvalue weighted by atomic mass is 9.63. The summed E-state index contributed by atoms with van der Waals surface area (Å²) in [7, 11) is 0. The number of carbonyl (C=O) groups excluding carboxylic acids is 1. The lowest BCUT2D eigenvalue weighted by molar-refractivity contribution is -0.165. The summed E-state index contributed by atoms with van der Waals surface area (Å²) in [5.74, 6) is 0.0812. The second kappa shape index (κ2) is 3.48. The summed E-state index contributed by atoms with van der Waals surface area (Å²) in [5.41, 5.74) is -0.118. The van der Waals surface area contributed by atoms with E-state index >= 15 is 0 Å². The Morgan fingerprint density at radius 2 is 2.07 bits per heavy atom. The molecule has 0 amide bonds. The van der Waals surface area contributed by atoms with Crippen molar-refractivity contribution in [2.75, 3.05) is 13.1 Å². The van der Waals surface area contributed by atoms with Gasteiger partial charge < -0.3 is 10.1 Å². The Morgan fingerprint density at radius 3 is 2.53 bits per heavy atom. The minimum atomic E-state index is -0.357. The number of hydrogen-bond donors (Lipinski definition) is 1. The fourth-order valence-corrected chi connectivity index (χ4v) is 2.67. The van der Waals surface area contributed by atoms with E-state index in [9.17, 15) is 4.79 Å². The van der Waals surface area contributed by atoms with Crippen LogP contribution in [0.5, 0.6) is 0 Å². The van der Waals surface area contributed by atoms with E-state index in [2.05, 4.69) is 5.32 Å². The Morgan fingerprint density at radius 1 is 1.40 bits per heavy atom. The van der Waals surface area contributed by atoms with Gasteiger partial charge in [-0.15, -0.1) is 0 Å². The minimum Gasteiger partial charge on any atom is -0.460 e. The summed E-state index contributed by atoms with van der Waals surface area (Å²) in [6, 6.07) is 0. The maximum Gasteiger partial charge on any atom is 0.311 e. The summed E-state index contributed by atoms with van der Waals surface area (Å²) in [5, 5.41) is 3.33. The molecule has 0 aromatic rings. The van der Waals surface area contributed by atoms with E-state index in [1.54, 1.807) is 0 Å². The van der Waals surface area contributed by atoms with E-state index in [4.69, 9.17) is 4.74 Å². The Hall–Kier alpha value is -0.570. The molecule has 2 rings (SSSR count). The van der Waals surface area contributed by atoms with Crippen molar-refractivity contribution >= 4 is 5.97 Å². The van der Waals surface area contributed by atoms with E-state index in [0.717, 1.165) is 13.1 Å². The molecule has 0 radical (unpaired) electrons. The molecule has 15 heavy (non-hydrogen) atoms.